The summed E-state index contributed by atoms with van der Waals surface area (Å²) >= 11 is 3.60. The monoisotopic (exact) mass is 269 g/mol. The van der Waals surface area contributed by atoms with Gasteiger partial charge in [-0.15, -0.1) is 0 Å². The van der Waals surface area contributed by atoms with Crippen molar-refractivity contribution in [3.05, 3.63) is 16.5 Å². The smallest absolute Gasteiger partial charge is 0.144 e. The Labute approximate surface area is 98.8 Å². The molecule has 1 aliphatic carbocycles. The second-order valence-corrected chi connectivity index (χ2v) is 4.73. The van der Waals surface area contributed by atoms with Gasteiger partial charge in [-0.25, -0.2) is 9.97 Å². The van der Waals surface area contributed by atoms with E-state index in [4.69, 9.17) is 0 Å². The Morgan fingerprint density at radius 2 is 2.13 bits per heavy atom. The van der Waals surface area contributed by atoms with Crippen LogP contribution in [0, 0.1) is 0 Å². The summed E-state index contributed by atoms with van der Waals surface area (Å²) in [5.41, 5.74) is 1.18. The molecular formula is C11H16BrN3. The van der Waals surface area contributed by atoms with E-state index in [2.05, 4.69) is 38.1 Å². The van der Waals surface area contributed by atoms with Gasteiger partial charge in [-0.3, -0.25) is 0 Å². The lowest BCUT2D eigenvalue weighted by atomic mass is 10.0. The van der Waals surface area contributed by atoms with Crippen LogP contribution in [0.1, 0.15) is 44.2 Å². The average Bonchev–Trinajstić information content (AvgIpc) is 2.74. The van der Waals surface area contributed by atoms with Gasteiger partial charge in [-0.2, -0.15) is 0 Å². The second kappa shape index (κ2) is 4.92. The summed E-state index contributed by atoms with van der Waals surface area (Å²) in [6, 6.07) is 0. The molecule has 3 nitrogen and oxygen atoms in total. The van der Waals surface area contributed by atoms with Gasteiger partial charge < -0.3 is 5.32 Å². The summed E-state index contributed by atoms with van der Waals surface area (Å²) in [6.45, 7) is 2.96. The number of aromatic nitrogens is 2. The molecule has 1 saturated carbocycles. The molecule has 0 unspecified atom stereocenters. The summed E-state index contributed by atoms with van der Waals surface area (Å²) < 4.78 is 1.05. The van der Waals surface area contributed by atoms with Crippen molar-refractivity contribution in [1.29, 1.82) is 0 Å². The maximum atomic E-state index is 4.41. The third-order valence-corrected chi connectivity index (χ3v) is 3.68. The molecule has 0 amide bonds. The molecule has 0 bridgehead atoms. The molecule has 0 aliphatic heterocycles. The fourth-order valence-electron chi connectivity index (χ4n) is 2.16. The summed E-state index contributed by atoms with van der Waals surface area (Å²) in [4.78, 5) is 8.64. The highest BCUT2D eigenvalue weighted by molar-refractivity contribution is 9.10. The van der Waals surface area contributed by atoms with Crippen molar-refractivity contribution in [3.63, 3.8) is 0 Å². The van der Waals surface area contributed by atoms with Crippen LogP contribution in [0.4, 0.5) is 5.82 Å². The van der Waals surface area contributed by atoms with E-state index in [9.17, 15) is 0 Å². The van der Waals surface area contributed by atoms with Crippen LogP contribution in [-0.4, -0.2) is 16.5 Å². The van der Waals surface area contributed by atoms with Gasteiger partial charge in [0.25, 0.3) is 0 Å². The SMILES string of the molecule is CCNc1ncnc(C2CCCC2)c1Br. The van der Waals surface area contributed by atoms with Gasteiger partial charge in [-0.05, 0) is 35.7 Å². The van der Waals surface area contributed by atoms with Gasteiger partial charge in [0, 0.05) is 12.5 Å². The molecule has 4 heteroatoms. The largest absolute Gasteiger partial charge is 0.369 e. The van der Waals surface area contributed by atoms with E-state index in [1.807, 2.05) is 0 Å². The van der Waals surface area contributed by atoms with Gasteiger partial charge in [0.05, 0.1) is 10.2 Å². The predicted molar refractivity (Wildman–Crippen MR) is 65.1 cm³/mol. The Bertz CT molecular complexity index is 335. The zero-order valence-corrected chi connectivity index (χ0v) is 10.5. The van der Waals surface area contributed by atoms with Crippen LogP contribution in [0.5, 0.6) is 0 Å². The molecule has 15 heavy (non-hydrogen) atoms. The van der Waals surface area contributed by atoms with Crippen LogP contribution in [0.3, 0.4) is 0 Å². The fraction of sp³-hybridized carbons (Fsp3) is 0.636. The molecule has 0 saturated heterocycles. The van der Waals surface area contributed by atoms with Gasteiger partial charge in [-0.1, -0.05) is 12.8 Å². The number of anilines is 1. The quantitative estimate of drug-likeness (QED) is 0.915. The molecule has 0 atom stereocenters. The van der Waals surface area contributed by atoms with Crippen LogP contribution in [0.15, 0.2) is 10.8 Å². The molecule has 0 aromatic carbocycles. The zero-order chi connectivity index (χ0) is 10.7. The third-order valence-electron chi connectivity index (χ3n) is 2.90. The Morgan fingerprint density at radius 3 is 2.80 bits per heavy atom. The van der Waals surface area contributed by atoms with Crippen molar-refractivity contribution in [1.82, 2.24) is 9.97 Å². The Balaban J connectivity index is 2.26. The van der Waals surface area contributed by atoms with Crippen molar-refractivity contribution in [2.75, 3.05) is 11.9 Å². The van der Waals surface area contributed by atoms with E-state index in [-0.39, 0.29) is 0 Å². The molecule has 1 aromatic rings. The summed E-state index contributed by atoms with van der Waals surface area (Å²) in [5.74, 6) is 1.55. The van der Waals surface area contributed by atoms with Crippen molar-refractivity contribution >= 4 is 21.7 Å². The molecule has 1 N–H and O–H groups in total. The normalized spacial score (nSPS) is 16.9. The minimum atomic E-state index is 0.625. The lowest BCUT2D eigenvalue weighted by Crippen LogP contribution is -2.05. The Hall–Kier alpha value is -0.640. The second-order valence-electron chi connectivity index (χ2n) is 3.93. The van der Waals surface area contributed by atoms with Crippen LogP contribution < -0.4 is 5.32 Å². The zero-order valence-electron chi connectivity index (χ0n) is 8.96. The molecule has 0 spiro atoms. The van der Waals surface area contributed by atoms with Crippen LogP contribution in [-0.2, 0) is 0 Å². The molecule has 1 heterocycles. The molecule has 1 fully saturated rings. The van der Waals surface area contributed by atoms with Gasteiger partial charge in [0.1, 0.15) is 12.1 Å². The number of hydrogen-bond acceptors (Lipinski definition) is 3. The highest BCUT2D eigenvalue weighted by atomic mass is 79.9. The molecule has 2 rings (SSSR count). The Morgan fingerprint density at radius 1 is 1.40 bits per heavy atom. The molecule has 1 aliphatic rings. The van der Waals surface area contributed by atoms with E-state index in [0.29, 0.717) is 5.92 Å². The standard InChI is InChI=1S/C11H16BrN3/c1-2-13-11-9(12)10(14-7-15-11)8-5-3-4-6-8/h7-8H,2-6H2,1H3,(H,13,14,15). The molecule has 82 valence electrons. The molecule has 1 aromatic heterocycles. The van der Waals surface area contributed by atoms with Gasteiger partial charge >= 0.3 is 0 Å². The van der Waals surface area contributed by atoms with Crippen molar-refractivity contribution in [3.8, 4) is 0 Å². The average molecular weight is 270 g/mol. The topological polar surface area (TPSA) is 37.8 Å². The number of rotatable bonds is 3. The summed E-state index contributed by atoms with van der Waals surface area (Å²) in [5, 5.41) is 3.24. The minimum Gasteiger partial charge on any atom is -0.369 e. The number of hydrogen-bond donors (Lipinski definition) is 1. The van der Waals surface area contributed by atoms with Crippen LogP contribution >= 0.6 is 15.9 Å². The lowest BCUT2D eigenvalue weighted by molar-refractivity contribution is 0.689. The highest BCUT2D eigenvalue weighted by Crippen LogP contribution is 2.38. The van der Waals surface area contributed by atoms with E-state index in [0.717, 1.165) is 16.8 Å². The maximum absolute atomic E-state index is 4.41. The van der Waals surface area contributed by atoms with E-state index >= 15 is 0 Å². The van der Waals surface area contributed by atoms with Gasteiger partial charge in [0.2, 0.25) is 0 Å². The van der Waals surface area contributed by atoms with Gasteiger partial charge in [0.15, 0.2) is 0 Å². The first-order valence-corrected chi connectivity index (χ1v) is 6.36. The lowest BCUT2D eigenvalue weighted by Gasteiger charge is -2.13. The molecular weight excluding hydrogens is 254 g/mol. The number of nitrogens with zero attached hydrogens (tertiary/aromatic N) is 2. The summed E-state index contributed by atoms with van der Waals surface area (Å²) in [7, 11) is 0. The number of nitrogens with one attached hydrogen (secondary N) is 1. The fourth-order valence-corrected chi connectivity index (χ4v) is 2.83. The van der Waals surface area contributed by atoms with E-state index < -0.39 is 0 Å². The number of halogens is 1. The maximum Gasteiger partial charge on any atom is 0.144 e. The van der Waals surface area contributed by atoms with Crippen LogP contribution in [0.2, 0.25) is 0 Å². The highest BCUT2D eigenvalue weighted by Gasteiger charge is 2.22. The van der Waals surface area contributed by atoms with Crippen molar-refractivity contribution in [2.24, 2.45) is 0 Å². The predicted octanol–water partition coefficient (Wildman–Crippen LogP) is 3.33. The minimum absolute atomic E-state index is 0.625. The van der Waals surface area contributed by atoms with Crippen molar-refractivity contribution in [2.45, 2.75) is 38.5 Å². The third kappa shape index (κ3) is 2.30. The van der Waals surface area contributed by atoms with E-state index in [1.54, 1.807) is 6.33 Å². The Kier molecular flexibility index (Phi) is 3.57. The first-order valence-electron chi connectivity index (χ1n) is 5.57. The van der Waals surface area contributed by atoms with Crippen molar-refractivity contribution < 1.29 is 0 Å². The summed E-state index contributed by atoms with van der Waals surface area (Å²) in [6.07, 6.45) is 6.86. The molecule has 0 radical (unpaired) electrons. The van der Waals surface area contributed by atoms with E-state index in [1.165, 1.54) is 31.4 Å². The first-order chi connectivity index (χ1) is 7.33. The first kappa shape index (κ1) is 10.9. The van der Waals surface area contributed by atoms with Crippen LogP contribution in [0.25, 0.3) is 0 Å².